The molecule has 0 radical (unpaired) electrons. The Balaban J connectivity index is 1.36. The van der Waals surface area contributed by atoms with Crippen LogP contribution in [0.15, 0.2) is 77.8 Å². The van der Waals surface area contributed by atoms with E-state index in [0.29, 0.717) is 22.2 Å². The Bertz CT molecular complexity index is 1520. The standard InChI is InChI=1S/C28H22N2O4S2/c1-34-24-9-4-18(14-22(24)20-7-8-23-21(16-20)10-12-29-23)15-25-26(31)30(28(35)36-25)13-11-17-2-5-19(6-3-17)27(32)33/h2-10,12,14-16,29H,11,13H2,1H3,(H,32,33)/b25-15-. The van der Waals surface area contributed by atoms with Crippen LogP contribution in [-0.2, 0) is 11.2 Å². The number of carboxylic acids is 1. The number of thioether (sulfide) groups is 1. The van der Waals surface area contributed by atoms with Crippen LogP contribution < -0.4 is 4.74 Å². The Hall–Kier alpha value is -3.88. The highest BCUT2D eigenvalue weighted by molar-refractivity contribution is 8.26. The molecular weight excluding hydrogens is 492 g/mol. The molecule has 2 heterocycles. The molecule has 1 aromatic heterocycles. The molecule has 1 saturated heterocycles. The molecule has 5 rings (SSSR count). The van der Waals surface area contributed by atoms with Gasteiger partial charge >= 0.3 is 5.97 Å². The number of H-pyrrole nitrogens is 1. The molecule has 0 spiro atoms. The molecule has 0 bridgehead atoms. The molecule has 0 unspecified atom stereocenters. The molecule has 0 aliphatic carbocycles. The van der Waals surface area contributed by atoms with Crippen molar-refractivity contribution in [3.8, 4) is 16.9 Å². The zero-order chi connectivity index (χ0) is 25.2. The first kappa shape index (κ1) is 23.8. The molecule has 0 atom stereocenters. The first-order valence-electron chi connectivity index (χ1n) is 11.3. The van der Waals surface area contributed by atoms with Crippen LogP contribution in [0.5, 0.6) is 5.75 Å². The van der Waals surface area contributed by atoms with Gasteiger partial charge in [-0.3, -0.25) is 9.69 Å². The number of amides is 1. The van der Waals surface area contributed by atoms with E-state index in [1.807, 2.05) is 48.7 Å². The fraction of sp³-hybridized carbons (Fsp3) is 0.107. The molecule has 6 nitrogen and oxygen atoms in total. The van der Waals surface area contributed by atoms with Gasteiger partial charge in [0, 0.05) is 23.8 Å². The van der Waals surface area contributed by atoms with E-state index in [9.17, 15) is 9.59 Å². The lowest BCUT2D eigenvalue weighted by Crippen LogP contribution is -2.30. The first-order valence-corrected chi connectivity index (χ1v) is 12.5. The number of thiocarbonyl (C=S) groups is 1. The number of aromatic carboxylic acids is 1. The van der Waals surface area contributed by atoms with Gasteiger partial charge in [0.05, 0.1) is 17.6 Å². The number of rotatable bonds is 7. The summed E-state index contributed by atoms with van der Waals surface area (Å²) >= 11 is 6.77. The van der Waals surface area contributed by atoms with Crippen molar-refractivity contribution in [3.05, 3.63) is 94.5 Å². The van der Waals surface area contributed by atoms with Crippen LogP contribution in [0.4, 0.5) is 0 Å². The van der Waals surface area contributed by atoms with Gasteiger partial charge in [-0.15, -0.1) is 0 Å². The number of ether oxygens (including phenoxy) is 1. The lowest BCUT2D eigenvalue weighted by molar-refractivity contribution is -0.122. The van der Waals surface area contributed by atoms with E-state index in [1.165, 1.54) is 11.8 Å². The van der Waals surface area contributed by atoms with Gasteiger partial charge in [0.2, 0.25) is 0 Å². The number of methoxy groups -OCH3 is 1. The normalized spacial score (nSPS) is 14.7. The monoisotopic (exact) mass is 514 g/mol. The van der Waals surface area contributed by atoms with E-state index in [0.717, 1.165) is 38.9 Å². The van der Waals surface area contributed by atoms with Crippen molar-refractivity contribution in [2.24, 2.45) is 0 Å². The Morgan fingerprint density at radius 1 is 1.11 bits per heavy atom. The third kappa shape index (κ3) is 4.78. The third-order valence-electron chi connectivity index (χ3n) is 6.08. The van der Waals surface area contributed by atoms with E-state index in [-0.39, 0.29) is 11.5 Å². The Labute approximate surface area is 217 Å². The lowest BCUT2D eigenvalue weighted by Gasteiger charge is -2.14. The van der Waals surface area contributed by atoms with Gasteiger partial charge in [-0.1, -0.05) is 48.2 Å². The maximum absolute atomic E-state index is 13.1. The van der Waals surface area contributed by atoms with Crippen LogP contribution in [0, 0.1) is 0 Å². The Morgan fingerprint density at radius 2 is 1.92 bits per heavy atom. The van der Waals surface area contributed by atoms with Gasteiger partial charge < -0.3 is 14.8 Å². The number of hydrogen-bond donors (Lipinski definition) is 2. The van der Waals surface area contributed by atoms with Crippen molar-refractivity contribution < 1.29 is 19.4 Å². The molecule has 180 valence electrons. The van der Waals surface area contributed by atoms with Crippen LogP contribution in [0.3, 0.4) is 0 Å². The number of nitrogens with one attached hydrogen (secondary N) is 1. The Morgan fingerprint density at radius 3 is 2.67 bits per heavy atom. The van der Waals surface area contributed by atoms with Crippen molar-refractivity contribution >= 4 is 57.2 Å². The summed E-state index contributed by atoms with van der Waals surface area (Å²) in [6.45, 7) is 0.430. The number of hydrogen-bond acceptors (Lipinski definition) is 5. The van der Waals surface area contributed by atoms with E-state index in [1.54, 1.807) is 36.3 Å². The average Bonchev–Trinajstić information content (AvgIpc) is 3.46. The molecule has 1 aliphatic heterocycles. The van der Waals surface area contributed by atoms with E-state index in [2.05, 4.69) is 11.1 Å². The molecule has 2 N–H and O–H groups in total. The van der Waals surface area contributed by atoms with Gasteiger partial charge in [-0.25, -0.2) is 4.79 Å². The van der Waals surface area contributed by atoms with Gasteiger partial charge in [-0.2, -0.15) is 0 Å². The smallest absolute Gasteiger partial charge is 0.335 e. The maximum atomic E-state index is 13.1. The van der Waals surface area contributed by atoms with Gasteiger partial charge in [0.15, 0.2) is 0 Å². The van der Waals surface area contributed by atoms with Crippen LogP contribution in [0.25, 0.3) is 28.1 Å². The van der Waals surface area contributed by atoms with Crippen molar-refractivity contribution in [1.29, 1.82) is 0 Å². The predicted octanol–water partition coefficient (Wildman–Crippen LogP) is 5.99. The lowest BCUT2D eigenvalue weighted by atomic mass is 10.0. The fourth-order valence-electron chi connectivity index (χ4n) is 4.16. The Kier molecular flexibility index (Phi) is 6.63. The van der Waals surface area contributed by atoms with Crippen LogP contribution >= 0.6 is 24.0 Å². The topological polar surface area (TPSA) is 82.6 Å². The summed E-state index contributed by atoms with van der Waals surface area (Å²) in [7, 11) is 1.65. The third-order valence-corrected chi connectivity index (χ3v) is 7.46. The minimum absolute atomic E-state index is 0.127. The molecular formula is C28H22N2O4S2. The predicted molar refractivity (Wildman–Crippen MR) is 147 cm³/mol. The van der Waals surface area contributed by atoms with Crippen molar-refractivity contribution in [1.82, 2.24) is 9.88 Å². The second kappa shape index (κ2) is 10.0. The van der Waals surface area contributed by atoms with Crippen LogP contribution in [0.2, 0.25) is 0 Å². The molecule has 1 amide bonds. The van der Waals surface area contributed by atoms with E-state index >= 15 is 0 Å². The average molecular weight is 515 g/mol. The van der Waals surface area contributed by atoms with Gasteiger partial charge in [0.25, 0.3) is 5.91 Å². The minimum atomic E-state index is -0.963. The second-order valence-electron chi connectivity index (χ2n) is 8.32. The molecule has 8 heteroatoms. The summed E-state index contributed by atoms with van der Waals surface area (Å²) in [6, 6.07) is 20.7. The highest BCUT2D eigenvalue weighted by Crippen LogP contribution is 2.36. The second-order valence-corrected chi connectivity index (χ2v) is 10.0. The van der Waals surface area contributed by atoms with E-state index in [4.69, 9.17) is 22.1 Å². The van der Waals surface area contributed by atoms with Crippen LogP contribution in [-0.4, -0.2) is 44.8 Å². The summed E-state index contributed by atoms with van der Waals surface area (Å²) in [6.07, 6.45) is 4.35. The van der Waals surface area contributed by atoms with Crippen molar-refractivity contribution in [3.63, 3.8) is 0 Å². The summed E-state index contributed by atoms with van der Waals surface area (Å²) in [4.78, 5) is 29.5. The molecule has 1 fully saturated rings. The number of benzene rings is 3. The van der Waals surface area contributed by atoms with E-state index < -0.39 is 5.97 Å². The van der Waals surface area contributed by atoms with Gasteiger partial charge in [-0.05, 0) is 77.0 Å². The molecule has 3 aromatic carbocycles. The van der Waals surface area contributed by atoms with Crippen molar-refractivity contribution in [2.75, 3.05) is 13.7 Å². The largest absolute Gasteiger partial charge is 0.496 e. The van der Waals surface area contributed by atoms with Crippen LogP contribution in [0.1, 0.15) is 21.5 Å². The van der Waals surface area contributed by atoms with Crippen molar-refractivity contribution in [2.45, 2.75) is 6.42 Å². The highest BCUT2D eigenvalue weighted by Gasteiger charge is 2.31. The fourth-order valence-corrected chi connectivity index (χ4v) is 5.47. The highest BCUT2D eigenvalue weighted by atomic mass is 32.2. The summed E-state index contributed by atoms with van der Waals surface area (Å²) < 4.78 is 6.12. The number of carboxylic acid groups (broad SMARTS) is 1. The number of nitrogens with zero attached hydrogens (tertiary/aromatic N) is 1. The molecule has 4 aromatic rings. The zero-order valence-corrected chi connectivity index (χ0v) is 21.0. The molecule has 1 aliphatic rings. The number of carbonyl (C=O) groups excluding carboxylic acids is 1. The maximum Gasteiger partial charge on any atom is 0.335 e. The zero-order valence-electron chi connectivity index (χ0n) is 19.4. The van der Waals surface area contributed by atoms with Gasteiger partial charge in [0.1, 0.15) is 10.1 Å². The molecule has 36 heavy (non-hydrogen) atoms. The SMILES string of the molecule is COc1ccc(/C=C2\SC(=S)N(CCc3ccc(C(=O)O)cc3)C2=O)cc1-c1ccc2[nH]ccc2c1. The summed E-state index contributed by atoms with van der Waals surface area (Å²) in [5.41, 5.74) is 5.08. The first-order chi connectivity index (χ1) is 17.4. The number of carbonyl (C=O) groups is 2. The summed E-state index contributed by atoms with van der Waals surface area (Å²) in [5.74, 6) is -0.336. The quantitative estimate of drug-likeness (QED) is 0.233. The molecule has 0 saturated carbocycles. The minimum Gasteiger partial charge on any atom is -0.496 e. The number of aromatic amines is 1. The number of aromatic nitrogens is 1. The summed E-state index contributed by atoms with van der Waals surface area (Å²) in [5, 5.41) is 10.2. The number of fused-ring (bicyclic) bond motifs is 1.